The number of anilines is 1. The Bertz CT molecular complexity index is 1490. The van der Waals surface area contributed by atoms with E-state index in [-0.39, 0.29) is 17.3 Å². The van der Waals surface area contributed by atoms with Crippen LogP contribution in [0.3, 0.4) is 0 Å². The van der Waals surface area contributed by atoms with Gasteiger partial charge in [-0.3, -0.25) is 4.79 Å². The Labute approximate surface area is 204 Å². The molecule has 4 heterocycles. The van der Waals surface area contributed by atoms with Crippen LogP contribution in [-0.4, -0.2) is 46.8 Å². The van der Waals surface area contributed by atoms with Crippen LogP contribution >= 0.6 is 22.7 Å². The first-order valence-corrected chi connectivity index (χ1v) is 13.9. The zero-order valence-corrected chi connectivity index (χ0v) is 21.3. The van der Waals surface area contributed by atoms with Crippen molar-refractivity contribution in [2.45, 2.75) is 38.5 Å². The summed E-state index contributed by atoms with van der Waals surface area (Å²) in [5.41, 5.74) is 1.96. The van der Waals surface area contributed by atoms with Crippen molar-refractivity contribution in [3.8, 4) is 10.7 Å². The Balaban J connectivity index is 1.33. The standard InChI is InChI=1S/C22H23N5O4S3/c1-12-6-7-16-17(9-12)33-22(24-16)25-21(28)15-5-4-8-27(11-15)34(29,30)19-10-18(32-13(19)2)20-23-14(3)31-26-20/h6-7,9-10,15H,4-5,8,11H2,1-3H3,(H,24,25,28)/t15-/m0/s1. The number of hydrogen-bond acceptors (Lipinski definition) is 9. The lowest BCUT2D eigenvalue weighted by atomic mass is 9.99. The van der Waals surface area contributed by atoms with E-state index in [9.17, 15) is 13.2 Å². The van der Waals surface area contributed by atoms with Crippen molar-refractivity contribution in [2.24, 2.45) is 5.92 Å². The summed E-state index contributed by atoms with van der Waals surface area (Å²) in [5.74, 6) is 0.129. The summed E-state index contributed by atoms with van der Waals surface area (Å²) in [4.78, 5) is 23.2. The summed E-state index contributed by atoms with van der Waals surface area (Å²) in [6, 6.07) is 7.53. The molecule has 1 aliphatic rings. The molecule has 0 radical (unpaired) electrons. The fourth-order valence-corrected chi connectivity index (χ4v) is 8.01. The Morgan fingerprint density at radius 2 is 2.00 bits per heavy atom. The minimum Gasteiger partial charge on any atom is -0.339 e. The predicted octanol–water partition coefficient (Wildman–Crippen LogP) is 4.37. The molecular formula is C22H23N5O4S3. The lowest BCUT2D eigenvalue weighted by Gasteiger charge is -2.31. The minimum atomic E-state index is -3.77. The highest BCUT2D eigenvalue weighted by Crippen LogP contribution is 2.35. The van der Waals surface area contributed by atoms with Gasteiger partial charge in [-0.15, -0.1) is 11.3 Å². The van der Waals surface area contributed by atoms with Gasteiger partial charge in [-0.05, 0) is 50.5 Å². The second-order valence-corrected chi connectivity index (χ2v) is 12.5. The summed E-state index contributed by atoms with van der Waals surface area (Å²) in [5, 5.41) is 7.31. The largest absolute Gasteiger partial charge is 0.339 e. The van der Waals surface area contributed by atoms with Gasteiger partial charge < -0.3 is 9.84 Å². The van der Waals surface area contributed by atoms with Crippen LogP contribution in [0, 0.1) is 26.7 Å². The first-order valence-electron chi connectivity index (χ1n) is 10.8. The van der Waals surface area contributed by atoms with Gasteiger partial charge >= 0.3 is 0 Å². The van der Waals surface area contributed by atoms with Crippen molar-refractivity contribution in [3.63, 3.8) is 0 Å². The maximum Gasteiger partial charge on any atom is 0.244 e. The van der Waals surface area contributed by atoms with Crippen molar-refractivity contribution < 1.29 is 17.7 Å². The molecule has 178 valence electrons. The molecule has 12 heteroatoms. The highest BCUT2D eigenvalue weighted by molar-refractivity contribution is 7.89. The number of aromatic nitrogens is 3. The average molecular weight is 518 g/mol. The molecule has 1 aliphatic heterocycles. The van der Waals surface area contributed by atoms with E-state index in [2.05, 4.69) is 20.4 Å². The number of thiophene rings is 1. The third-order valence-electron chi connectivity index (χ3n) is 5.77. The molecule has 34 heavy (non-hydrogen) atoms. The SMILES string of the molecule is Cc1ccc2nc(NC(=O)[C@H]3CCCN(S(=O)(=O)c4cc(-c5noc(C)n5)sc4C)C3)sc2c1. The van der Waals surface area contributed by atoms with Crippen molar-refractivity contribution in [3.05, 3.63) is 40.6 Å². The molecule has 0 aliphatic carbocycles. The van der Waals surface area contributed by atoms with E-state index in [4.69, 9.17) is 4.52 Å². The zero-order valence-electron chi connectivity index (χ0n) is 18.9. The number of carbonyl (C=O) groups excluding carboxylic acids is 1. The van der Waals surface area contributed by atoms with Gasteiger partial charge in [0.1, 0.15) is 0 Å². The van der Waals surface area contributed by atoms with E-state index in [1.165, 1.54) is 27.0 Å². The van der Waals surface area contributed by atoms with Crippen LogP contribution in [0.5, 0.6) is 0 Å². The maximum absolute atomic E-state index is 13.5. The lowest BCUT2D eigenvalue weighted by molar-refractivity contribution is -0.120. The molecule has 1 amide bonds. The van der Waals surface area contributed by atoms with Crippen molar-refractivity contribution in [1.29, 1.82) is 0 Å². The lowest BCUT2D eigenvalue weighted by Crippen LogP contribution is -2.43. The monoisotopic (exact) mass is 517 g/mol. The van der Waals surface area contributed by atoms with Gasteiger partial charge in [0.15, 0.2) is 5.13 Å². The number of amides is 1. The number of rotatable bonds is 5. The number of sulfonamides is 1. The second kappa shape index (κ2) is 8.84. The number of hydrogen-bond donors (Lipinski definition) is 1. The third kappa shape index (κ3) is 4.38. The number of nitrogens with zero attached hydrogens (tertiary/aromatic N) is 4. The molecule has 0 bridgehead atoms. The van der Waals surface area contributed by atoms with Crippen LogP contribution in [0.4, 0.5) is 5.13 Å². The van der Waals surface area contributed by atoms with E-state index in [0.29, 0.717) is 46.0 Å². The topological polar surface area (TPSA) is 118 Å². The van der Waals surface area contributed by atoms with Crippen molar-refractivity contribution in [1.82, 2.24) is 19.4 Å². The van der Waals surface area contributed by atoms with Crippen LogP contribution < -0.4 is 5.32 Å². The van der Waals surface area contributed by atoms with Crippen molar-refractivity contribution >= 4 is 54.0 Å². The van der Waals surface area contributed by atoms with Gasteiger partial charge in [-0.25, -0.2) is 13.4 Å². The number of thiazole rings is 1. The molecule has 9 nitrogen and oxygen atoms in total. The molecule has 4 aromatic rings. The molecule has 1 saturated heterocycles. The maximum atomic E-state index is 13.5. The summed E-state index contributed by atoms with van der Waals surface area (Å²) in [6.45, 7) is 5.96. The van der Waals surface area contributed by atoms with Crippen LogP contribution in [0.2, 0.25) is 0 Å². The third-order valence-corrected chi connectivity index (χ3v) is 9.87. The Morgan fingerprint density at radius 1 is 1.18 bits per heavy atom. The zero-order chi connectivity index (χ0) is 24.0. The second-order valence-electron chi connectivity index (χ2n) is 8.35. The van der Waals surface area contributed by atoms with Crippen LogP contribution in [0.1, 0.15) is 29.2 Å². The number of fused-ring (bicyclic) bond motifs is 1. The Morgan fingerprint density at radius 3 is 2.76 bits per heavy atom. The van der Waals surface area contributed by atoms with Crippen molar-refractivity contribution in [2.75, 3.05) is 18.4 Å². The Hall–Kier alpha value is -2.67. The Kier molecular flexibility index (Phi) is 6.00. The highest BCUT2D eigenvalue weighted by Gasteiger charge is 2.35. The smallest absolute Gasteiger partial charge is 0.244 e. The molecule has 1 aromatic carbocycles. The normalized spacial score (nSPS) is 17.3. The van der Waals surface area contributed by atoms with E-state index < -0.39 is 15.9 Å². The summed E-state index contributed by atoms with van der Waals surface area (Å²) < 4.78 is 34.4. The number of aryl methyl sites for hydroxylation is 3. The molecule has 3 aromatic heterocycles. The molecule has 5 rings (SSSR count). The predicted molar refractivity (Wildman–Crippen MR) is 132 cm³/mol. The molecule has 0 spiro atoms. The summed E-state index contributed by atoms with van der Waals surface area (Å²) >= 11 is 2.72. The molecule has 0 unspecified atom stereocenters. The van der Waals surface area contributed by atoms with Crippen LogP contribution in [0.25, 0.3) is 20.9 Å². The van der Waals surface area contributed by atoms with E-state index in [1.54, 1.807) is 19.9 Å². The van der Waals surface area contributed by atoms with E-state index in [1.807, 2.05) is 25.1 Å². The van der Waals surface area contributed by atoms with Gasteiger partial charge in [0.25, 0.3) is 0 Å². The number of carbonyl (C=O) groups is 1. The molecular weight excluding hydrogens is 494 g/mol. The average Bonchev–Trinajstić information content (AvgIpc) is 3.51. The number of piperidine rings is 1. The minimum absolute atomic E-state index is 0.129. The number of nitrogens with one attached hydrogen (secondary N) is 1. The van der Waals surface area contributed by atoms with E-state index in [0.717, 1.165) is 15.8 Å². The van der Waals surface area contributed by atoms with Gasteiger partial charge in [0.05, 0.1) is 25.9 Å². The van der Waals surface area contributed by atoms with Gasteiger partial charge in [-0.2, -0.15) is 9.29 Å². The first kappa shape index (κ1) is 23.1. The summed E-state index contributed by atoms with van der Waals surface area (Å²) in [7, 11) is -3.77. The number of benzene rings is 1. The van der Waals surface area contributed by atoms with Gasteiger partial charge in [0, 0.05) is 24.9 Å². The molecule has 1 N–H and O–H groups in total. The van der Waals surface area contributed by atoms with Gasteiger partial charge in [0.2, 0.25) is 27.6 Å². The molecule has 1 fully saturated rings. The quantitative estimate of drug-likeness (QED) is 0.417. The first-order chi connectivity index (χ1) is 16.2. The van der Waals surface area contributed by atoms with Crippen LogP contribution in [-0.2, 0) is 14.8 Å². The molecule has 1 atom stereocenters. The van der Waals surface area contributed by atoms with Gasteiger partial charge in [-0.1, -0.05) is 22.6 Å². The van der Waals surface area contributed by atoms with Crippen LogP contribution in [0.15, 0.2) is 33.7 Å². The fraction of sp³-hybridized carbons (Fsp3) is 0.364. The van der Waals surface area contributed by atoms with E-state index >= 15 is 0 Å². The molecule has 0 saturated carbocycles. The highest BCUT2D eigenvalue weighted by atomic mass is 32.2. The fourth-order valence-electron chi connectivity index (χ4n) is 4.04. The summed E-state index contributed by atoms with van der Waals surface area (Å²) in [6.07, 6.45) is 1.23.